The summed E-state index contributed by atoms with van der Waals surface area (Å²) in [4.78, 5) is 12.0. The molecule has 338 valence electrons. The number of carbonyl (C=O) groups excluding carboxylic acids is 1. The fourth-order valence-corrected chi connectivity index (χ4v) is 14.7. The second-order valence-corrected chi connectivity index (χ2v) is 36.1. The van der Waals surface area contributed by atoms with Crippen LogP contribution in [0.5, 0.6) is 0 Å². The summed E-state index contributed by atoms with van der Waals surface area (Å²) in [6.45, 7) is 44.4. The van der Waals surface area contributed by atoms with Crippen molar-refractivity contribution in [1.82, 2.24) is 5.32 Å². The summed E-state index contributed by atoms with van der Waals surface area (Å²) < 4.78 is 38.5. The molecule has 0 aromatic rings. The highest BCUT2D eigenvalue weighted by Crippen LogP contribution is 2.43. The smallest absolute Gasteiger partial charge is 0.247 e. The van der Waals surface area contributed by atoms with Gasteiger partial charge in [0, 0.05) is 40.0 Å². The molecule has 0 aliphatic carbocycles. The molecule has 4 atom stereocenters. The van der Waals surface area contributed by atoms with Crippen molar-refractivity contribution in [2.75, 3.05) is 33.9 Å². The van der Waals surface area contributed by atoms with Crippen LogP contribution < -0.4 is 5.32 Å². The number of nitrogens with one attached hydrogen (secondary N) is 1. The number of amides is 1. The van der Waals surface area contributed by atoms with Gasteiger partial charge in [-0.15, -0.1) is 0 Å². The van der Waals surface area contributed by atoms with Gasteiger partial charge >= 0.3 is 0 Å². The van der Waals surface area contributed by atoms with E-state index in [2.05, 4.69) is 139 Å². The van der Waals surface area contributed by atoms with Crippen LogP contribution in [0.25, 0.3) is 0 Å². The Morgan fingerprint density at radius 2 is 1.40 bits per heavy atom. The lowest BCUT2D eigenvalue weighted by atomic mass is 9.95. The van der Waals surface area contributed by atoms with Gasteiger partial charge in [0.05, 0.1) is 18.8 Å². The van der Waals surface area contributed by atoms with E-state index < -0.39 is 24.7 Å². The van der Waals surface area contributed by atoms with Crippen molar-refractivity contribution in [1.29, 1.82) is 0 Å². The Labute approximate surface area is 361 Å². The van der Waals surface area contributed by atoms with E-state index in [1.165, 1.54) is 5.57 Å². The van der Waals surface area contributed by atoms with Crippen LogP contribution in [0.1, 0.15) is 116 Å². The van der Waals surface area contributed by atoms with Crippen molar-refractivity contribution in [3.63, 3.8) is 0 Å². The number of carbonyl (C=O) groups is 1. The summed E-state index contributed by atoms with van der Waals surface area (Å²) in [6.07, 6.45) is 16.0. The first kappa shape index (κ1) is 56.6. The number of rotatable bonds is 29. The Morgan fingerprint density at radius 3 is 1.91 bits per heavy atom. The predicted molar refractivity (Wildman–Crippen MR) is 256 cm³/mol. The minimum Gasteiger partial charge on any atom is -0.413 e. The third kappa shape index (κ3) is 22.4. The Bertz CT molecular complexity index is 1300. The van der Waals surface area contributed by atoms with E-state index in [9.17, 15) is 4.79 Å². The minimum absolute atomic E-state index is 0.0559. The number of ether oxygens (including phenoxy) is 4. The van der Waals surface area contributed by atoms with Gasteiger partial charge in [0.2, 0.25) is 5.91 Å². The molecule has 0 aliphatic rings. The zero-order valence-corrected chi connectivity index (χ0v) is 44.1. The molecule has 58 heavy (non-hydrogen) atoms. The molecule has 1 amide bonds. The Hall–Kier alpha value is -1.42. The predicted octanol–water partition coefficient (Wildman–Crippen LogP) is 13.1. The van der Waals surface area contributed by atoms with Crippen molar-refractivity contribution >= 4 is 30.6 Å². The monoisotopic (exact) mass is 866 g/mol. The lowest BCUT2D eigenvalue weighted by Crippen LogP contribution is -2.52. The van der Waals surface area contributed by atoms with Crippen molar-refractivity contribution in [3.05, 3.63) is 59.4 Å². The third-order valence-corrected chi connectivity index (χ3v) is 23.7. The van der Waals surface area contributed by atoms with E-state index in [-0.39, 0.29) is 48.8 Å². The SMILES string of the molecule is COCO[C@H](CO[Si](C(C)C)(C(C)C)C(C)C)[C@@H](CC/C=C/C=C(\C)C[C@@H](OCOCC[Si](C)(C)C)[C@H](C)/C=C(C)/C=C/NC(=O)C=C(C)C)O[Si](C)(C)C(C)(C)C. The standard InChI is InChI=1S/C47H91NO7Si3/c1-36(2)30-46(49)48-27-26-41(10)31-42(11)44(53-35-51-28-29-56(16,17)18)32-40(9)24-22-21-23-25-43(55-57(19,20)47(12,13)14)45(52-34-50-15)33-54-58(37(3)4,38(5)6)39(7)8/h21-22,24,26-27,30-31,37-39,42-45H,23,25,28-29,32-35H2,1-20H3,(H,48,49)/b22-21+,27-26+,40-24+,41-31+/t42-,43-,44-,45-/m1/s1. The van der Waals surface area contributed by atoms with Crippen LogP contribution in [0.2, 0.25) is 60.4 Å². The second kappa shape index (κ2) is 27.5. The molecule has 11 heteroatoms. The number of allylic oxidation sites excluding steroid dienone is 6. The molecule has 0 bridgehead atoms. The van der Waals surface area contributed by atoms with E-state index in [1.54, 1.807) is 19.4 Å². The van der Waals surface area contributed by atoms with Crippen LogP contribution in [0, 0.1) is 5.92 Å². The molecule has 0 spiro atoms. The van der Waals surface area contributed by atoms with Crippen LogP contribution in [0.4, 0.5) is 0 Å². The summed E-state index contributed by atoms with van der Waals surface area (Å²) in [5.41, 5.74) is 4.68. The van der Waals surface area contributed by atoms with Gasteiger partial charge < -0.3 is 33.1 Å². The molecular weight excluding hydrogens is 775 g/mol. The molecule has 0 saturated carbocycles. The molecule has 0 unspecified atom stereocenters. The number of hydrogen-bond donors (Lipinski definition) is 1. The van der Waals surface area contributed by atoms with E-state index in [0.717, 1.165) is 43.1 Å². The van der Waals surface area contributed by atoms with Gasteiger partial charge in [-0.3, -0.25) is 4.79 Å². The minimum atomic E-state index is -2.14. The van der Waals surface area contributed by atoms with Gasteiger partial charge in [-0.25, -0.2) is 0 Å². The maximum absolute atomic E-state index is 12.0. The highest BCUT2D eigenvalue weighted by molar-refractivity contribution is 6.77. The van der Waals surface area contributed by atoms with Crippen LogP contribution in [-0.2, 0) is 32.6 Å². The average molecular weight is 867 g/mol. The molecule has 0 aromatic carbocycles. The first-order chi connectivity index (χ1) is 26.7. The van der Waals surface area contributed by atoms with Crippen LogP contribution >= 0.6 is 0 Å². The summed E-state index contributed by atoms with van der Waals surface area (Å²) in [5.74, 6) is -0.00796. The van der Waals surface area contributed by atoms with Crippen LogP contribution in [0.3, 0.4) is 0 Å². The lowest BCUT2D eigenvalue weighted by molar-refractivity contribution is -0.123. The zero-order valence-electron chi connectivity index (χ0n) is 41.1. The largest absolute Gasteiger partial charge is 0.413 e. The zero-order chi connectivity index (χ0) is 44.9. The van der Waals surface area contributed by atoms with E-state index >= 15 is 0 Å². The molecule has 1 N–H and O–H groups in total. The Balaban J connectivity index is 6.21. The molecule has 0 aromatic heterocycles. The maximum Gasteiger partial charge on any atom is 0.247 e. The Morgan fingerprint density at radius 1 is 0.810 bits per heavy atom. The summed E-state index contributed by atoms with van der Waals surface area (Å²) in [6, 6.07) is 1.10. The first-order valence-electron chi connectivity index (χ1n) is 21.9. The molecule has 0 heterocycles. The van der Waals surface area contributed by atoms with Crippen molar-refractivity contribution in [2.45, 2.75) is 195 Å². The highest BCUT2D eigenvalue weighted by atomic mass is 28.4. The van der Waals surface area contributed by atoms with Crippen molar-refractivity contribution in [2.24, 2.45) is 5.92 Å². The van der Waals surface area contributed by atoms with Gasteiger partial charge in [0.1, 0.15) is 19.7 Å². The van der Waals surface area contributed by atoms with E-state index in [4.69, 9.17) is 27.8 Å². The second-order valence-electron chi connectivity index (χ2n) is 20.3. The Kier molecular flexibility index (Phi) is 26.8. The van der Waals surface area contributed by atoms with Crippen LogP contribution in [-0.4, -0.2) is 82.8 Å². The summed E-state index contributed by atoms with van der Waals surface area (Å²) >= 11 is 0. The van der Waals surface area contributed by atoms with Crippen molar-refractivity contribution < 1.29 is 32.6 Å². The third-order valence-electron chi connectivity index (χ3n) is 11.4. The van der Waals surface area contributed by atoms with Crippen molar-refractivity contribution in [3.8, 4) is 0 Å². The molecule has 0 rings (SSSR count). The molecule has 0 saturated heterocycles. The molecule has 8 nitrogen and oxygen atoms in total. The fraction of sp³-hybridized carbons (Fsp3) is 0.766. The highest BCUT2D eigenvalue weighted by Gasteiger charge is 2.47. The van der Waals surface area contributed by atoms with Crippen LogP contribution in [0.15, 0.2) is 59.4 Å². The quantitative estimate of drug-likeness (QED) is 0.0263. The fourth-order valence-electron chi connectivity index (χ4n) is 7.10. The summed E-state index contributed by atoms with van der Waals surface area (Å²) in [7, 11) is -3.77. The lowest BCUT2D eigenvalue weighted by Gasteiger charge is -2.45. The first-order valence-corrected chi connectivity index (χ1v) is 30.7. The van der Waals surface area contributed by atoms with Gasteiger partial charge in [0.25, 0.3) is 0 Å². The topological polar surface area (TPSA) is 84.5 Å². The molecule has 0 fully saturated rings. The molecule has 0 aliphatic heterocycles. The molecule has 0 radical (unpaired) electrons. The van der Waals surface area contributed by atoms with Gasteiger partial charge in [-0.2, -0.15) is 0 Å². The summed E-state index contributed by atoms with van der Waals surface area (Å²) in [5, 5.41) is 2.87. The number of methoxy groups -OCH3 is 1. The maximum atomic E-state index is 12.0. The number of hydrogen-bond acceptors (Lipinski definition) is 7. The molecular formula is C47H91NO7Si3. The van der Waals surface area contributed by atoms with Gasteiger partial charge in [-0.1, -0.05) is 130 Å². The normalized spacial score (nSPS) is 16.2. The van der Waals surface area contributed by atoms with E-state index in [1.807, 2.05) is 26.8 Å². The van der Waals surface area contributed by atoms with Gasteiger partial charge in [-0.05, 0) is 93.8 Å². The van der Waals surface area contributed by atoms with E-state index in [0.29, 0.717) is 23.2 Å². The average Bonchev–Trinajstić information content (AvgIpc) is 3.06. The van der Waals surface area contributed by atoms with Gasteiger partial charge in [0.15, 0.2) is 16.6 Å².